The van der Waals surface area contributed by atoms with Gasteiger partial charge in [-0.05, 0) is 136 Å². The molecule has 0 aliphatic heterocycles. The molecule has 0 unspecified atom stereocenters. The van der Waals surface area contributed by atoms with Crippen molar-refractivity contribution in [2.24, 2.45) is 0 Å². The summed E-state index contributed by atoms with van der Waals surface area (Å²) in [7, 11) is 4.20. The molecule has 4 nitrogen and oxygen atoms in total. The third-order valence-electron chi connectivity index (χ3n) is 8.16. The zero-order valence-corrected chi connectivity index (χ0v) is 32.3. The Kier molecular flexibility index (Phi) is 15.7. The van der Waals surface area contributed by atoms with Crippen LogP contribution in [0.5, 0.6) is 11.5 Å². The Hall–Kier alpha value is -6.07. The van der Waals surface area contributed by atoms with Crippen molar-refractivity contribution in [2.75, 3.05) is 5.73 Å². The maximum absolute atomic E-state index is 9.68. The first-order chi connectivity index (χ1) is 26.1. The Bertz CT molecular complexity index is 2180. The van der Waals surface area contributed by atoms with Crippen LogP contribution < -0.4 is 5.73 Å². The number of benzene rings is 6. The van der Waals surface area contributed by atoms with E-state index in [0.717, 1.165) is 28.2 Å². The van der Waals surface area contributed by atoms with Gasteiger partial charge in [0.15, 0.2) is 0 Å². The van der Waals surface area contributed by atoms with Crippen molar-refractivity contribution in [3.63, 3.8) is 0 Å². The van der Waals surface area contributed by atoms with E-state index in [4.69, 9.17) is 10.8 Å². The van der Waals surface area contributed by atoms with Crippen molar-refractivity contribution in [3.05, 3.63) is 191 Å². The minimum absolute atomic E-state index is 0.249. The normalized spacial score (nSPS) is 9.61. The van der Waals surface area contributed by atoms with Crippen LogP contribution in [0.3, 0.4) is 0 Å². The van der Waals surface area contributed by atoms with E-state index in [2.05, 4.69) is 166 Å². The number of hydrogen-bond acceptors (Lipinski definition) is 3. The molecule has 0 saturated heterocycles. The van der Waals surface area contributed by atoms with Crippen LogP contribution in [0.15, 0.2) is 158 Å². The molecule has 0 atom stereocenters. The number of nitrogen functional groups attached to an aromatic ring is 1. The second-order valence-corrected chi connectivity index (χ2v) is 12.5. The third kappa shape index (κ3) is 12.6. The number of aromatic hydroxyl groups is 2. The number of anilines is 1. The summed E-state index contributed by atoms with van der Waals surface area (Å²) in [6.45, 7) is 8.32. The van der Waals surface area contributed by atoms with Gasteiger partial charge in [-0.15, -0.1) is 0 Å². The van der Waals surface area contributed by atoms with E-state index in [1.807, 2.05) is 36.4 Å². The van der Waals surface area contributed by atoms with Gasteiger partial charge in [-0.2, -0.15) is 0 Å². The number of aromatic nitrogens is 1. The number of aryl methyl sites for hydroxylation is 4. The fourth-order valence-corrected chi connectivity index (χ4v) is 5.17. The molecule has 0 amide bonds. The monoisotopic (exact) mass is 776 g/mol. The molecule has 0 fully saturated rings. The van der Waals surface area contributed by atoms with Gasteiger partial charge in [0.2, 0.25) is 0 Å². The van der Waals surface area contributed by atoms with Gasteiger partial charge in [0.1, 0.15) is 11.5 Å². The predicted octanol–water partition coefficient (Wildman–Crippen LogP) is 11.5. The second-order valence-electron chi connectivity index (χ2n) is 12.5. The fraction of sp³-hybridized carbons (Fsp3) is 0.0833. The van der Waals surface area contributed by atoms with E-state index in [-0.39, 0.29) is 11.5 Å². The van der Waals surface area contributed by atoms with Crippen LogP contribution in [0, 0.1) is 51.4 Å². The Morgan fingerprint density at radius 2 is 0.759 bits per heavy atom. The van der Waals surface area contributed by atoms with Gasteiger partial charge in [-0.3, -0.25) is 0 Å². The summed E-state index contributed by atoms with van der Waals surface area (Å²) in [6, 6.07) is 51.5. The van der Waals surface area contributed by atoms with Gasteiger partial charge < -0.3 is 20.5 Å². The number of phenolic OH excluding ortho intramolecular Hbond substituents is 2. The molecule has 0 saturated carbocycles. The van der Waals surface area contributed by atoms with E-state index >= 15 is 0 Å². The first kappa shape index (κ1) is 40.7. The first-order valence-corrected chi connectivity index (χ1v) is 18.4. The number of nitrogens with zero attached hydrogens (tertiary/aromatic N) is 1. The molecule has 0 aliphatic rings. The van der Waals surface area contributed by atoms with Gasteiger partial charge in [0.05, 0.1) is 11.4 Å². The number of phenols is 2. The van der Waals surface area contributed by atoms with E-state index in [0.29, 0.717) is 5.69 Å². The van der Waals surface area contributed by atoms with Crippen molar-refractivity contribution in [2.45, 2.75) is 27.7 Å². The minimum atomic E-state index is 0.249. The van der Waals surface area contributed by atoms with Crippen LogP contribution in [0.4, 0.5) is 5.69 Å². The van der Waals surface area contributed by atoms with Crippen molar-refractivity contribution < 1.29 is 25.3 Å². The van der Waals surface area contributed by atoms with Crippen LogP contribution >= 0.6 is 10.1 Å². The van der Waals surface area contributed by atoms with Crippen LogP contribution in [0.25, 0.3) is 28.2 Å². The third-order valence-corrected chi connectivity index (χ3v) is 8.16. The molecule has 1 heterocycles. The van der Waals surface area contributed by atoms with E-state index in [9.17, 15) is 5.11 Å². The van der Waals surface area contributed by atoms with Crippen LogP contribution in [0.2, 0.25) is 0 Å². The van der Waals surface area contributed by atoms with Crippen molar-refractivity contribution in [1.29, 1.82) is 0 Å². The molecule has 4 N–H and O–H groups in total. The predicted molar refractivity (Wildman–Crippen MR) is 222 cm³/mol. The number of hydrogen-bond donors (Lipinski definition) is 3. The second kappa shape index (κ2) is 20.8. The Morgan fingerprint density at radius 3 is 1.09 bits per heavy atom. The average Bonchev–Trinajstić information content (AvgIpc) is 3.63. The molecule has 0 radical (unpaired) electrons. The quantitative estimate of drug-likeness (QED) is 0.0724. The Morgan fingerprint density at radius 1 is 0.444 bits per heavy atom. The molecular formula is C48H42ClCuN2O2. The van der Waals surface area contributed by atoms with Gasteiger partial charge >= 0.3 is 25.2 Å². The van der Waals surface area contributed by atoms with Gasteiger partial charge in [-0.25, -0.2) is 0 Å². The summed E-state index contributed by atoms with van der Waals surface area (Å²) in [5, 5.41) is 18.4. The molecule has 6 aromatic carbocycles. The SMILES string of the molecule is Cc1ccc(-c2ccc(-c3ccc(C)cc3)n2-c2ccc(O)cc2)cc1.Cc1ccc(C#CC#Cc2ccc(C)cc2)cc1.Nc1ccc(O)cc1.[Cl][Cu]. The standard InChI is InChI=1S/C24H21NO.C18H14.C6H7NO.ClH.Cu/c1-17-3-7-19(8-4-17)23-15-16-24(20-9-5-18(2)6-10-20)25(23)21-11-13-22(26)14-12-21;1-15-7-11-17(12-8-15)5-3-4-6-18-13-9-16(2)10-14-18;7-5-1-3-6(8)4-2-5;;/h3-16,26H,1-2H3;7-14H,1-2H3;1-4,8H,7H2;1H;/q;;;;+1/p-1. The molecule has 7 rings (SSSR count). The average molecular weight is 778 g/mol. The van der Waals surface area contributed by atoms with Crippen molar-refractivity contribution >= 4 is 15.8 Å². The summed E-state index contributed by atoms with van der Waals surface area (Å²) in [4.78, 5) is 0. The summed E-state index contributed by atoms with van der Waals surface area (Å²) in [6.07, 6.45) is 0. The van der Waals surface area contributed by atoms with Crippen LogP contribution in [-0.2, 0) is 15.1 Å². The Balaban J connectivity index is 0.000000200. The topological polar surface area (TPSA) is 71.4 Å². The fourth-order valence-electron chi connectivity index (χ4n) is 5.17. The number of nitrogens with two attached hydrogens (primary N) is 1. The molecule has 274 valence electrons. The van der Waals surface area contributed by atoms with Crippen LogP contribution in [-0.4, -0.2) is 14.8 Å². The molecule has 0 aliphatic carbocycles. The molecule has 0 spiro atoms. The zero-order valence-electron chi connectivity index (χ0n) is 30.6. The van der Waals surface area contributed by atoms with Gasteiger partial charge in [0, 0.05) is 22.5 Å². The molecule has 54 heavy (non-hydrogen) atoms. The summed E-state index contributed by atoms with van der Waals surface area (Å²) >= 11 is 3.66. The first-order valence-electron chi connectivity index (χ1n) is 17.1. The molecule has 6 heteroatoms. The summed E-state index contributed by atoms with van der Waals surface area (Å²) in [5.74, 6) is 12.3. The van der Waals surface area contributed by atoms with Gasteiger partial charge in [-0.1, -0.05) is 107 Å². The molecule has 1 aromatic heterocycles. The van der Waals surface area contributed by atoms with E-state index < -0.39 is 0 Å². The van der Waals surface area contributed by atoms with Crippen LogP contribution in [0.1, 0.15) is 33.4 Å². The van der Waals surface area contributed by atoms with E-state index in [1.165, 1.54) is 33.4 Å². The summed E-state index contributed by atoms with van der Waals surface area (Å²) in [5.41, 5.74) is 18.6. The van der Waals surface area contributed by atoms with Crippen molar-refractivity contribution in [1.82, 2.24) is 4.57 Å². The van der Waals surface area contributed by atoms with E-state index in [1.54, 1.807) is 36.4 Å². The van der Waals surface area contributed by atoms with Crippen molar-refractivity contribution in [3.8, 4) is 63.4 Å². The maximum atomic E-state index is 9.68. The number of halogens is 1. The van der Waals surface area contributed by atoms with Gasteiger partial charge in [0.25, 0.3) is 0 Å². The molecular weight excluding hydrogens is 736 g/mol. The molecule has 0 bridgehead atoms. The number of rotatable bonds is 3. The zero-order chi connectivity index (χ0) is 38.9. The summed E-state index contributed by atoms with van der Waals surface area (Å²) < 4.78 is 2.24. The molecule has 7 aromatic rings. The Labute approximate surface area is 332 Å².